The molecule has 20 heavy (non-hydrogen) atoms. The van der Waals surface area contributed by atoms with E-state index in [1.807, 2.05) is 0 Å². The Hall–Kier alpha value is -1.55. The van der Waals surface area contributed by atoms with Gasteiger partial charge in [0, 0.05) is 29.3 Å². The average Bonchev–Trinajstić information content (AvgIpc) is 2.77. The summed E-state index contributed by atoms with van der Waals surface area (Å²) in [6, 6.07) is 8.66. The predicted molar refractivity (Wildman–Crippen MR) is 88.9 cm³/mol. The Balaban J connectivity index is 1.99. The molecule has 0 saturated carbocycles. The number of nitrogens with zero attached hydrogens (tertiary/aromatic N) is 2. The zero-order chi connectivity index (χ0) is 14.5. The molecule has 0 aliphatic heterocycles. The van der Waals surface area contributed by atoms with E-state index in [-0.39, 0.29) is 0 Å². The summed E-state index contributed by atoms with van der Waals surface area (Å²) >= 11 is 1.77. The molecule has 0 saturated heterocycles. The van der Waals surface area contributed by atoms with Gasteiger partial charge in [-0.25, -0.2) is 4.98 Å². The number of thiazole rings is 1. The van der Waals surface area contributed by atoms with Crippen molar-refractivity contribution in [2.45, 2.75) is 34.2 Å². The van der Waals surface area contributed by atoms with Gasteiger partial charge in [0.15, 0.2) is 0 Å². The first-order chi connectivity index (χ1) is 9.63. The number of benzene rings is 1. The van der Waals surface area contributed by atoms with Crippen LogP contribution in [0.3, 0.4) is 0 Å². The molecule has 4 heteroatoms. The van der Waals surface area contributed by atoms with E-state index in [2.05, 4.69) is 67.2 Å². The van der Waals surface area contributed by atoms with Gasteiger partial charge in [0.05, 0.1) is 17.2 Å². The predicted octanol–water partition coefficient (Wildman–Crippen LogP) is 4.22. The van der Waals surface area contributed by atoms with Crippen LogP contribution in [0.4, 0.5) is 11.4 Å². The molecule has 0 atom stereocenters. The molecule has 0 unspecified atom stereocenters. The first-order valence-corrected chi connectivity index (χ1v) is 7.97. The lowest BCUT2D eigenvalue weighted by Crippen LogP contribution is -2.21. The van der Waals surface area contributed by atoms with E-state index in [1.54, 1.807) is 11.3 Å². The van der Waals surface area contributed by atoms with E-state index in [9.17, 15) is 0 Å². The highest BCUT2D eigenvalue weighted by molar-refractivity contribution is 7.11. The van der Waals surface area contributed by atoms with Crippen molar-refractivity contribution >= 4 is 22.7 Å². The number of hydrogen-bond acceptors (Lipinski definition) is 4. The third-order valence-electron chi connectivity index (χ3n) is 3.45. The fourth-order valence-electron chi connectivity index (χ4n) is 2.30. The molecule has 0 aliphatic carbocycles. The van der Waals surface area contributed by atoms with E-state index < -0.39 is 0 Å². The van der Waals surface area contributed by atoms with Crippen molar-refractivity contribution in [3.63, 3.8) is 0 Å². The molecule has 2 rings (SSSR count). The lowest BCUT2D eigenvalue weighted by molar-refractivity contribution is 0.866. The molecule has 1 N–H and O–H groups in total. The summed E-state index contributed by atoms with van der Waals surface area (Å²) in [5, 5.41) is 4.60. The second-order valence-electron chi connectivity index (χ2n) is 4.81. The number of hydrogen-bond donors (Lipinski definition) is 1. The van der Waals surface area contributed by atoms with Gasteiger partial charge in [-0.2, -0.15) is 0 Å². The average molecular weight is 289 g/mol. The second-order valence-corrected chi connectivity index (χ2v) is 6.10. The lowest BCUT2D eigenvalue weighted by Gasteiger charge is -2.21. The number of aromatic nitrogens is 1. The molecular formula is C16H23N3S. The van der Waals surface area contributed by atoms with Crippen molar-refractivity contribution in [2.75, 3.05) is 23.3 Å². The Morgan fingerprint density at radius 1 is 1.10 bits per heavy atom. The molecule has 0 radical (unpaired) electrons. The molecule has 0 bridgehead atoms. The van der Waals surface area contributed by atoms with Crippen molar-refractivity contribution < 1.29 is 0 Å². The van der Waals surface area contributed by atoms with Crippen LogP contribution in [0, 0.1) is 13.8 Å². The minimum atomic E-state index is 0.849. The minimum absolute atomic E-state index is 0.849. The Labute approximate surface area is 125 Å². The van der Waals surface area contributed by atoms with Gasteiger partial charge in [-0.3, -0.25) is 0 Å². The van der Waals surface area contributed by atoms with Gasteiger partial charge in [0.1, 0.15) is 0 Å². The van der Waals surface area contributed by atoms with Crippen LogP contribution in [-0.2, 0) is 6.54 Å². The van der Waals surface area contributed by atoms with Gasteiger partial charge in [-0.05, 0) is 52.0 Å². The maximum absolute atomic E-state index is 4.45. The fourth-order valence-corrected chi connectivity index (χ4v) is 3.18. The van der Waals surface area contributed by atoms with Gasteiger partial charge in [0.25, 0.3) is 0 Å². The van der Waals surface area contributed by atoms with Crippen molar-refractivity contribution in [3.05, 3.63) is 39.8 Å². The smallest absolute Gasteiger partial charge is 0.0900 e. The van der Waals surface area contributed by atoms with Gasteiger partial charge >= 0.3 is 0 Å². The van der Waals surface area contributed by atoms with E-state index >= 15 is 0 Å². The summed E-state index contributed by atoms with van der Waals surface area (Å²) in [7, 11) is 0. The van der Waals surface area contributed by atoms with Crippen LogP contribution in [0.25, 0.3) is 0 Å². The standard InChI is InChI=1S/C16H23N3S/c1-5-19(6-2)15-9-7-14(8-10-15)17-11-16-12(3)18-13(4)20-16/h7-10,17H,5-6,11H2,1-4H3. The molecule has 3 nitrogen and oxygen atoms in total. The molecule has 0 spiro atoms. The monoisotopic (exact) mass is 289 g/mol. The number of nitrogens with one attached hydrogen (secondary N) is 1. The van der Waals surface area contributed by atoms with Crippen LogP contribution in [0.1, 0.15) is 29.4 Å². The Kier molecular flexibility index (Phi) is 5.01. The Bertz CT molecular complexity index is 541. The summed E-state index contributed by atoms with van der Waals surface area (Å²) in [5.41, 5.74) is 3.58. The molecule has 0 aliphatic rings. The molecule has 0 fully saturated rings. The number of rotatable bonds is 6. The zero-order valence-corrected chi connectivity index (χ0v) is 13.5. The molecule has 108 valence electrons. The van der Waals surface area contributed by atoms with E-state index in [0.717, 1.165) is 36.0 Å². The fraction of sp³-hybridized carbons (Fsp3) is 0.438. The highest BCUT2D eigenvalue weighted by Gasteiger charge is 2.05. The molecule has 1 aromatic carbocycles. The van der Waals surface area contributed by atoms with E-state index in [0.29, 0.717) is 0 Å². The summed E-state index contributed by atoms with van der Waals surface area (Å²) < 4.78 is 0. The van der Waals surface area contributed by atoms with Crippen LogP contribution in [0.5, 0.6) is 0 Å². The highest BCUT2D eigenvalue weighted by Crippen LogP contribution is 2.21. The zero-order valence-electron chi connectivity index (χ0n) is 12.7. The maximum atomic E-state index is 4.45. The molecule has 2 aromatic rings. The van der Waals surface area contributed by atoms with Gasteiger partial charge < -0.3 is 10.2 Å². The van der Waals surface area contributed by atoms with Gasteiger partial charge in [-0.15, -0.1) is 11.3 Å². The van der Waals surface area contributed by atoms with E-state index in [1.165, 1.54) is 10.6 Å². The first kappa shape index (κ1) is 14.9. The van der Waals surface area contributed by atoms with Crippen LogP contribution in [0.15, 0.2) is 24.3 Å². The highest BCUT2D eigenvalue weighted by atomic mass is 32.1. The number of aryl methyl sites for hydroxylation is 2. The van der Waals surface area contributed by atoms with Crippen molar-refractivity contribution in [1.29, 1.82) is 0 Å². The topological polar surface area (TPSA) is 28.2 Å². The van der Waals surface area contributed by atoms with E-state index in [4.69, 9.17) is 0 Å². The van der Waals surface area contributed by atoms with Crippen molar-refractivity contribution in [2.24, 2.45) is 0 Å². The Morgan fingerprint density at radius 2 is 1.75 bits per heavy atom. The van der Waals surface area contributed by atoms with Crippen LogP contribution in [0.2, 0.25) is 0 Å². The molecule has 1 heterocycles. The van der Waals surface area contributed by atoms with Crippen LogP contribution < -0.4 is 10.2 Å². The lowest BCUT2D eigenvalue weighted by atomic mass is 10.2. The normalized spacial score (nSPS) is 10.6. The van der Waals surface area contributed by atoms with Gasteiger partial charge in [-0.1, -0.05) is 0 Å². The summed E-state index contributed by atoms with van der Waals surface area (Å²) in [6.45, 7) is 11.4. The maximum Gasteiger partial charge on any atom is 0.0900 e. The largest absolute Gasteiger partial charge is 0.380 e. The summed E-state index contributed by atoms with van der Waals surface area (Å²) in [5.74, 6) is 0. The Morgan fingerprint density at radius 3 is 2.25 bits per heavy atom. The first-order valence-electron chi connectivity index (χ1n) is 7.15. The van der Waals surface area contributed by atoms with Crippen LogP contribution in [-0.4, -0.2) is 18.1 Å². The van der Waals surface area contributed by atoms with Gasteiger partial charge in [0.2, 0.25) is 0 Å². The molecule has 0 amide bonds. The van der Waals surface area contributed by atoms with Crippen molar-refractivity contribution in [3.8, 4) is 0 Å². The minimum Gasteiger partial charge on any atom is -0.380 e. The quantitative estimate of drug-likeness (QED) is 0.863. The molecule has 1 aromatic heterocycles. The third kappa shape index (κ3) is 3.51. The summed E-state index contributed by atoms with van der Waals surface area (Å²) in [4.78, 5) is 8.12. The second kappa shape index (κ2) is 6.75. The van der Waals surface area contributed by atoms with Crippen molar-refractivity contribution in [1.82, 2.24) is 4.98 Å². The van der Waals surface area contributed by atoms with Crippen LogP contribution >= 0.6 is 11.3 Å². The number of anilines is 2. The molecular weight excluding hydrogens is 266 g/mol. The summed E-state index contributed by atoms with van der Waals surface area (Å²) in [6.07, 6.45) is 0. The third-order valence-corrected chi connectivity index (χ3v) is 4.52. The SMILES string of the molecule is CCN(CC)c1ccc(NCc2sc(C)nc2C)cc1.